The lowest BCUT2D eigenvalue weighted by molar-refractivity contribution is 0.625. The highest BCUT2D eigenvalue weighted by Gasteiger charge is 2.07. The third-order valence-electron chi connectivity index (χ3n) is 2.76. The van der Waals surface area contributed by atoms with Gasteiger partial charge in [0.2, 0.25) is 0 Å². The van der Waals surface area contributed by atoms with Crippen LogP contribution in [0, 0.1) is 0 Å². The van der Waals surface area contributed by atoms with E-state index in [-0.39, 0.29) is 0 Å². The highest BCUT2D eigenvalue weighted by atomic mass is 16.3. The van der Waals surface area contributed by atoms with Gasteiger partial charge in [-0.05, 0) is 24.1 Å². The molecule has 3 heteroatoms. The number of benzene rings is 1. The third kappa shape index (κ3) is 1.80. The van der Waals surface area contributed by atoms with Gasteiger partial charge in [0.05, 0.1) is 0 Å². The molecule has 2 aromatic heterocycles. The van der Waals surface area contributed by atoms with Gasteiger partial charge in [-0.1, -0.05) is 25.1 Å². The summed E-state index contributed by atoms with van der Waals surface area (Å²) in [6, 6.07) is 9.87. The molecule has 3 rings (SSSR count). The molecule has 84 valence electrons. The number of fused-ring (bicyclic) bond motifs is 1. The quantitative estimate of drug-likeness (QED) is 0.669. The number of nitrogens with zero attached hydrogens (tertiary/aromatic N) is 2. The van der Waals surface area contributed by atoms with Gasteiger partial charge in [0.1, 0.15) is 5.58 Å². The topological polar surface area (TPSA) is 38.9 Å². The molecule has 1 aromatic carbocycles. The van der Waals surface area contributed by atoms with Crippen LogP contribution in [0.1, 0.15) is 12.5 Å². The lowest BCUT2D eigenvalue weighted by atomic mass is 10.2. The molecule has 17 heavy (non-hydrogen) atoms. The molecule has 0 aliphatic rings. The van der Waals surface area contributed by atoms with E-state index >= 15 is 0 Å². The van der Waals surface area contributed by atoms with Crippen LogP contribution in [0.4, 0.5) is 0 Å². The zero-order valence-corrected chi connectivity index (χ0v) is 9.55. The van der Waals surface area contributed by atoms with Crippen molar-refractivity contribution in [1.82, 2.24) is 9.97 Å². The minimum Gasteiger partial charge on any atom is -0.453 e. The minimum atomic E-state index is 0.637. The predicted molar refractivity (Wildman–Crippen MR) is 66.6 cm³/mol. The number of hydrogen-bond acceptors (Lipinski definition) is 3. The van der Waals surface area contributed by atoms with E-state index in [9.17, 15) is 0 Å². The first-order chi connectivity index (χ1) is 8.36. The lowest BCUT2D eigenvalue weighted by Gasteiger charge is -1.96. The fourth-order valence-corrected chi connectivity index (χ4v) is 1.76. The predicted octanol–water partition coefficient (Wildman–Crippen LogP) is 3.45. The summed E-state index contributed by atoms with van der Waals surface area (Å²) in [6.07, 6.45) is 4.63. The van der Waals surface area contributed by atoms with E-state index in [1.165, 1.54) is 0 Å². The van der Waals surface area contributed by atoms with Crippen LogP contribution < -0.4 is 0 Å². The Balaban J connectivity index is 2.07. The second-order valence-corrected chi connectivity index (χ2v) is 3.92. The highest BCUT2D eigenvalue weighted by Crippen LogP contribution is 2.24. The Morgan fingerprint density at radius 3 is 2.59 bits per heavy atom. The van der Waals surface area contributed by atoms with Crippen LogP contribution in [0.3, 0.4) is 0 Å². The zero-order valence-electron chi connectivity index (χ0n) is 9.55. The van der Waals surface area contributed by atoms with E-state index in [4.69, 9.17) is 4.42 Å². The summed E-state index contributed by atoms with van der Waals surface area (Å²) in [7, 11) is 0. The summed E-state index contributed by atoms with van der Waals surface area (Å²) in [5.41, 5.74) is 2.00. The number of hydrogen-bond donors (Lipinski definition) is 0. The van der Waals surface area contributed by atoms with Gasteiger partial charge in [-0.3, -0.25) is 0 Å². The molecule has 0 aliphatic heterocycles. The van der Waals surface area contributed by atoms with E-state index < -0.39 is 0 Å². The number of aryl methyl sites for hydroxylation is 1. The van der Waals surface area contributed by atoms with Crippen molar-refractivity contribution in [2.45, 2.75) is 13.3 Å². The van der Waals surface area contributed by atoms with Crippen LogP contribution in [0.25, 0.3) is 22.6 Å². The first-order valence-electron chi connectivity index (χ1n) is 5.66. The SMILES string of the molecule is CCc1cnc(-c2cc3ccccc3o2)nc1. The number of aromatic nitrogens is 2. The van der Waals surface area contributed by atoms with Gasteiger partial charge in [-0.25, -0.2) is 9.97 Å². The van der Waals surface area contributed by atoms with Gasteiger partial charge >= 0.3 is 0 Å². The Hall–Kier alpha value is -2.16. The normalized spacial score (nSPS) is 10.9. The molecule has 0 radical (unpaired) electrons. The molecular weight excluding hydrogens is 212 g/mol. The summed E-state index contributed by atoms with van der Waals surface area (Å²) >= 11 is 0. The first-order valence-corrected chi connectivity index (χ1v) is 5.66. The van der Waals surface area contributed by atoms with Crippen molar-refractivity contribution < 1.29 is 4.42 Å². The summed E-state index contributed by atoms with van der Waals surface area (Å²) in [4.78, 5) is 8.62. The second kappa shape index (κ2) is 4.01. The fraction of sp³-hybridized carbons (Fsp3) is 0.143. The molecule has 3 aromatic rings. The molecular formula is C14H12N2O. The number of furan rings is 1. The van der Waals surface area contributed by atoms with Crippen molar-refractivity contribution >= 4 is 11.0 Å². The average molecular weight is 224 g/mol. The largest absolute Gasteiger partial charge is 0.453 e. The Bertz CT molecular complexity index is 608. The number of rotatable bonds is 2. The summed E-state index contributed by atoms with van der Waals surface area (Å²) in [6.45, 7) is 2.08. The fourth-order valence-electron chi connectivity index (χ4n) is 1.76. The van der Waals surface area contributed by atoms with Gasteiger partial charge in [-0.15, -0.1) is 0 Å². The van der Waals surface area contributed by atoms with Gasteiger partial charge in [-0.2, -0.15) is 0 Å². The average Bonchev–Trinajstić information content (AvgIpc) is 2.82. The molecule has 0 fully saturated rings. The van der Waals surface area contributed by atoms with Crippen LogP contribution >= 0.6 is 0 Å². The summed E-state index contributed by atoms with van der Waals surface area (Å²) in [5.74, 6) is 1.35. The highest BCUT2D eigenvalue weighted by molar-refractivity contribution is 5.81. The summed E-state index contributed by atoms with van der Waals surface area (Å²) in [5, 5.41) is 1.07. The smallest absolute Gasteiger partial charge is 0.195 e. The van der Waals surface area contributed by atoms with Crippen LogP contribution in [-0.4, -0.2) is 9.97 Å². The van der Waals surface area contributed by atoms with E-state index in [1.54, 1.807) is 0 Å². The number of para-hydroxylation sites is 1. The Morgan fingerprint density at radius 2 is 1.88 bits per heavy atom. The zero-order chi connectivity index (χ0) is 11.7. The van der Waals surface area contributed by atoms with Gasteiger partial charge in [0.15, 0.2) is 11.6 Å². The minimum absolute atomic E-state index is 0.637. The van der Waals surface area contributed by atoms with Gasteiger partial charge in [0.25, 0.3) is 0 Å². The second-order valence-electron chi connectivity index (χ2n) is 3.92. The van der Waals surface area contributed by atoms with Crippen molar-refractivity contribution in [2.24, 2.45) is 0 Å². The van der Waals surface area contributed by atoms with E-state index in [2.05, 4.69) is 16.9 Å². The van der Waals surface area contributed by atoms with Crippen LogP contribution in [-0.2, 0) is 6.42 Å². The maximum absolute atomic E-state index is 5.70. The Morgan fingerprint density at radius 1 is 1.12 bits per heavy atom. The van der Waals surface area contributed by atoms with Crippen LogP contribution in [0.5, 0.6) is 0 Å². The molecule has 0 amide bonds. The maximum Gasteiger partial charge on any atom is 0.195 e. The van der Waals surface area contributed by atoms with Crippen molar-refractivity contribution in [2.75, 3.05) is 0 Å². The van der Waals surface area contributed by atoms with Crippen molar-refractivity contribution in [3.63, 3.8) is 0 Å². The standard InChI is InChI=1S/C14H12N2O/c1-2-10-8-15-14(16-9-10)13-7-11-5-3-4-6-12(11)17-13/h3-9H,2H2,1H3. The molecule has 0 bridgehead atoms. The third-order valence-corrected chi connectivity index (χ3v) is 2.76. The molecule has 0 atom stereocenters. The molecule has 0 N–H and O–H groups in total. The van der Waals surface area contributed by atoms with E-state index in [1.807, 2.05) is 42.7 Å². The van der Waals surface area contributed by atoms with E-state index in [0.717, 1.165) is 23.0 Å². The molecule has 0 spiro atoms. The Labute approximate surface area is 99.1 Å². The molecule has 3 nitrogen and oxygen atoms in total. The van der Waals surface area contributed by atoms with Gasteiger partial charge in [0, 0.05) is 17.8 Å². The van der Waals surface area contributed by atoms with Crippen molar-refractivity contribution in [1.29, 1.82) is 0 Å². The molecule has 0 aliphatic carbocycles. The van der Waals surface area contributed by atoms with Crippen LogP contribution in [0.15, 0.2) is 47.1 Å². The van der Waals surface area contributed by atoms with Crippen molar-refractivity contribution in [3.05, 3.63) is 48.3 Å². The van der Waals surface area contributed by atoms with Crippen LogP contribution in [0.2, 0.25) is 0 Å². The lowest BCUT2D eigenvalue weighted by Crippen LogP contribution is -1.89. The Kier molecular flexibility index (Phi) is 2.37. The summed E-state index contributed by atoms with van der Waals surface area (Å²) < 4.78 is 5.70. The molecule has 0 unspecified atom stereocenters. The monoisotopic (exact) mass is 224 g/mol. The van der Waals surface area contributed by atoms with Gasteiger partial charge < -0.3 is 4.42 Å². The first kappa shape index (κ1) is 10.0. The van der Waals surface area contributed by atoms with Crippen molar-refractivity contribution in [3.8, 4) is 11.6 Å². The molecule has 2 heterocycles. The van der Waals surface area contributed by atoms with E-state index in [0.29, 0.717) is 11.6 Å². The molecule has 0 saturated heterocycles. The molecule has 0 saturated carbocycles. The maximum atomic E-state index is 5.70.